The van der Waals surface area contributed by atoms with Crippen LogP contribution in [0.4, 0.5) is 5.69 Å². The summed E-state index contributed by atoms with van der Waals surface area (Å²) in [5.74, 6) is 0.567. The van der Waals surface area contributed by atoms with Crippen LogP contribution in [0.5, 0.6) is 0 Å². The van der Waals surface area contributed by atoms with Gasteiger partial charge in [-0.25, -0.2) is 0 Å². The van der Waals surface area contributed by atoms with Gasteiger partial charge >= 0.3 is 0 Å². The van der Waals surface area contributed by atoms with Gasteiger partial charge in [-0.15, -0.1) is 0 Å². The number of hydrogen-bond donors (Lipinski definition) is 2. The molecule has 25 heavy (non-hydrogen) atoms. The Morgan fingerprint density at radius 2 is 2.00 bits per heavy atom. The molecule has 0 aliphatic heterocycles. The highest BCUT2D eigenvalue weighted by atomic mass is 16.5. The van der Waals surface area contributed by atoms with E-state index in [1.54, 1.807) is 0 Å². The van der Waals surface area contributed by atoms with E-state index in [2.05, 4.69) is 15.8 Å². The molecule has 2 rings (SSSR count). The zero-order valence-electron chi connectivity index (χ0n) is 15.2. The minimum Gasteiger partial charge on any atom is -0.361 e. The van der Waals surface area contributed by atoms with Crippen LogP contribution in [0.1, 0.15) is 56.3 Å². The number of amides is 2. The second kappa shape index (κ2) is 8.46. The van der Waals surface area contributed by atoms with Crippen molar-refractivity contribution in [3.63, 3.8) is 0 Å². The molecule has 2 aromatic rings. The van der Waals surface area contributed by atoms with E-state index in [0.717, 1.165) is 29.0 Å². The first kappa shape index (κ1) is 18.7. The van der Waals surface area contributed by atoms with Gasteiger partial charge in [-0.1, -0.05) is 31.1 Å². The third kappa shape index (κ3) is 4.92. The molecule has 1 aromatic heterocycles. The lowest BCUT2D eigenvalue weighted by Crippen LogP contribution is -2.28. The fourth-order valence-electron chi connectivity index (χ4n) is 2.76. The van der Waals surface area contributed by atoms with E-state index in [1.165, 1.54) is 6.92 Å². The van der Waals surface area contributed by atoms with Crippen molar-refractivity contribution in [3.8, 4) is 0 Å². The van der Waals surface area contributed by atoms with Gasteiger partial charge in [0.25, 0.3) is 0 Å². The fraction of sp³-hybridized carbons (Fsp3) is 0.421. The quantitative estimate of drug-likeness (QED) is 0.809. The molecule has 6 nitrogen and oxygen atoms in total. The molecule has 0 aliphatic carbocycles. The molecule has 1 heterocycles. The van der Waals surface area contributed by atoms with Crippen molar-refractivity contribution >= 4 is 17.5 Å². The van der Waals surface area contributed by atoms with Crippen molar-refractivity contribution < 1.29 is 14.1 Å². The van der Waals surface area contributed by atoms with E-state index in [4.69, 9.17) is 4.52 Å². The maximum atomic E-state index is 12.4. The number of benzene rings is 1. The predicted molar refractivity (Wildman–Crippen MR) is 96.3 cm³/mol. The molecule has 1 aromatic carbocycles. The van der Waals surface area contributed by atoms with Gasteiger partial charge in [0.2, 0.25) is 11.8 Å². The molecule has 0 bridgehead atoms. The Bertz CT molecular complexity index is 731. The van der Waals surface area contributed by atoms with E-state index in [1.807, 2.05) is 45.0 Å². The summed E-state index contributed by atoms with van der Waals surface area (Å²) in [6, 6.07) is 7.28. The van der Waals surface area contributed by atoms with Gasteiger partial charge in [0, 0.05) is 24.6 Å². The van der Waals surface area contributed by atoms with Gasteiger partial charge in [-0.05, 0) is 31.0 Å². The summed E-state index contributed by atoms with van der Waals surface area (Å²) in [5, 5.41) is 9.78. The van der Waals surface area contributed by atoms with Gasteiger partial charge in [0.05, 0.1) is 18.2 Å². The molecule has 0 radical (unpaired) electrons. The molecule has 2 N–H and O–H groups in total. The van der Waals surface area contributed by atoms with Crippen molar-refractivity contribution in [2.75, 3.05) is 5.32 Å². The monoisotopic (exact) mass is 343 g/mol. The Labute approximate surface area is 148 Å². The number of aryl methyl sites for hydroxylation is 2. The average Bonchev–Trinajstić information content (AvgIpc) is 2.96. The Balaban J connectivity index is 2.05. The third-order valence-electron chi connectivity index (χ3n) is 4.03. The van der Waals surface area contributed by atoms with Crippen LogP contribution in [-0.4, -0.2) is 17.0 Å². The van der Waals surface area contributed by atoms with Crippen molar-refractivity contribution in [2.24, 2.45) is 0 Å². The Morgan fingerprint density at radius 1 is 1.24 bits per heavy atom. The largest absolute Gasteiger partial charge is 0.361 e. The average molecular weight is 343 g/mol. The molecule has 1 atom stereocenters. The normalized spacial score (nSPS) is 11.8. The van der Waals surface area contributed by atoms with Crippen LogP contribution in [0.25, 0.3) is 0 Å². The first-order chi connectivity index (χ1) is 11.9. The lowest BCUT2D eigenvalue weighted by Gasteiger charge is -2.15. The van der Waals surface area contributed by atoms with Crippen LogP contribution < -0.4 is 10.6 Å². The summed E-state index contributed by atoms with van der Waals surface area (Å²) in [5.41, 5.74) is 3.37. The maximum absolute atomic E-state index is 12.4. The predicted octanol–water partition coefficient (Wildman–Crippen LogP) is 3.18. The Morgan fingerprint density at radius 3 is 2.64 bits per heavy atom. The topological polar surface area (TPSA) is 84.2 Å². The summed E-state index contributed by atoms with van der Waals surface area (Å²) in [7, 11) is 0. The highest BCUT2D eigenvalue weighted by Gasteiger charge is 2.18. The number of carbonyl (C=O) groups is 2. The minimum atomic E-state index is -0.170. The molecule has 0 aliphatic rings. The van der Waals surface area contributed by atoms with Crippen molar-refractivity contribution in [1.82, 2.24) is 10.5 Å². The van der Waals surface area contributed by atoms with E-state index in [-0.39, 0.29) is 24.3 Å². The molecule has 1 unspecified atom stereocenters. The summed E-state index contributed by atoms with van der Waals surface area (Å²) < 4.78 is 5.31. The number of hydrogen-bond acceptors (Lipinski definition) is 4. The Kier molecular flexibility index (Phi) is 6.33. The maximum Gasteiger partial charge on any atom is 0.225 e. The van der Waals surface area contributed by atoms with Gasteiger partial charge in [0.15, 0.2) is 0 Å². The summed E-state index contributed by atoms with van der Waals surface area (Å²) in [6.07, 6.45) is 1.70. The number of nitrogens with one attached hydrogen (secondary N) is 2. The number of rotatable bonds is 7. The smallest absolute Gasteiger partial charge is 0.225 e. The second-order valence-corrected chi connectivity index (χ2v) is 6.01. The van der Waals surface area contributed by atoms with Crippen molar-refractivity contribution in [1.29, 1.82) is 0 Å². The Hall–Kier alpha value is -2.63. The van der Waals surface area contributed by atoms with E-state index < -0.39 is 0 Å². The highest BCUT2D eigenvalue weighted by Crippen LogP contribution is 2.19. The zero-order chi connectivity index (χ0) is 18.4. The van der Waals surface area contributed by atoms with E-state index >= 15 is 0 Å². The highest BCUT2D eigenvalue weighted by molar-refractivity contribution is 5.88. The van der Waals surface area contributed by atoms with Gasteiger partial charge in [0.1, 0.15) is 5.76 Å². The standard InChI is InChI=1S/C19H25N3O3/c1-5-17-16(18(6-2)25-22-17)11-19(24)20-12(3)14-8-7-9-15(10-14)21-13(4)23/h7-10,12H,5-6,11H2,1-4H3,(H,20,24)(H,21,23). The van der Waals surface area contributed by atoms with Crippen LogP contribution in [0.15, 0.2) is 28.8 Å². The van der Waals surface area contributed by atoms with Gasteiger partial charge in [-0.3, -0.25) is 9.59 Å². The molecule has 0 saturated carbocycles. The molecular weight excluding hydrogens is 318 g/mol. The SMILES string of the molecule is CCc1noc(CC)c1CC(=O)NC(C)c1cccc(NC(C)=O)c1. The lowest BCUT2D eigenvalue weighted by molar-refractivity contribution is -0.121. The van der Waals surface area contributed by atoms with Crippen molar-refractivity contribution in [2.45, 2.75) is 53.0 Å². The lowest BCUT2D eigenvalue weighted by atomic mass is 10.0. The van der Waals surface area contributed by atoms with Crippen LogP contribution in [-0.2, 0) is 28.9 Å². The molecular formula is C19H25N3O3. The van der Waals surface area contributed by atoms with Gasteiger partial charge in [-0.2, -0.15) is 0 Å². The van der Waals surface area contributed by atoms with E-state index in [0.29, 0.717) is 12.1 Å². The molecule has 2 amide bonds. The number of aromatic nitrogens is 1. The molecule has 6 heteroatoms. The molecule has 0 saturated heterocycles. The summed E-state index contributed by atoms with van der Waals surface area (Å²) in [6.45, 7) is 7.36. The van der Waals surface area contributed by atoms with Gasteiger partial charge < -0.3 is 15.2 Å². The number of anilines is 1. The van der Waals surface area contributed by atoms with Crippen LogP contribution >= 0.6 is 0 Å². The van der Waals surface area contributed by atoms with E-state index in [9.17, 15) is 9.59 Å². The van der Waals surface area contributed by atoms with Crippen LogP contribution in [0, 0.1) is 0 Å². The minimum absolute atomic E-state index is 0.0787. The zero-order valence-corrected chi connectivity index (χ0v) is 15.2. The fourth-order valence-corrected chi connectivity index (χ4v) is 2.76. The third-order valence-corrected chi connectivity index (χ3v) is 4.03. The van der Waals surface area contributed by atoms with Crippen LogP contribution in [0.2, 0.25) is 0 Å². The first-order valence-corrected chi connectivity index (χ1v) is 8.57. The molecule has 0 spiro atoms. The summed E-state index contributed by atoms with van der Waals surface area (Å²) in [4.78, 5) is 23.6. The van der Waals surface area contributed by atoms with Crippen LogP contribution in [0.3, 0.4) is 0 Å². The summed E-state index contributed by atoms with van der Waals surface area (Å²) >= 11 is 0. The molecule has 134 valence electrons. The number of carbonyl (C=O) groups excluding carboxylic acids is 2. The number of nitrogens with zero attached hydrogens (tertiary/aromatic N) is 1. The first-order valence-electron chi connectivity index (χ1n) is 8.57. The molecule has 0 fully saturated rings. The second-order valence-electron chi connectivity index (χ2n) is 6.01. The van der Waals surface area contributed by atoms with Crippen molar-refractivity contribution in [3.05, 3.63) is 46.8 Å².